The van der Waals surface area contributed by atoms with Crippen molar-refractivity contribution < 1.29 is 19.2 Å². The Morgan fingerprint density at radius 2 is 1.85 bits per heavy atom. The molecule has 2 heterocycles. The predicted molar refractivity (Wildman–Crippen MR) is 96.2 cm³/mol. The second-order valence-corrected chi connectivity index (χ2v) is 7.65. The van der Waals surface area contributed by atoms with Gasteiger partial charge in [0, 0.05) is 17.5 Å². The highest BCUT2D eigenvalue weighted by Gasteiger charge is 2.52. The first-order valence-electron chi connectivity index (χ1n) is 9.25. The van der Waals surface area contributed by atoms with Gasteiger partial charge in [-0.2, -0.15) is 0 Å². The van der Waals surface area contributed by atoms with Crippen LogP contribution in [0.5, 0.6) is 0 Å². The number of carbonyl (C=O) groups is 4. The lowest BCUT2D eigenvalue weighted by atomic mass is 9.99. The quantitative estimate of drug-likeness (QED) is 0.820. The molecule has 0 bridgehead atoms. The van der Waals surface area contributed by atoms with Crippen LogP contribution in [0.3, 0.4) is 0 Å². The maximum atomic E-state index is 12.8. The monoisotopic (exact) mass is 368 g/mol. The summed E-state index contributed by atoms with van der Waals surface area (Å²) < 4.78 is 0. The zero-order chi connectivity index (χ0) is 19.2. The van der Waals surface area contributed by atoms with Crippen LogP contribution in [0, 0.1) is 11.8 Å². The molecule has 1 aromatic carbocycles. The maximum absolute atomic E-state index is 12.8. The summed E-state index contributed by atoms with van der Waals surface area (Å²) in [5.41, 5.74) is 5.37. The van der Waals surface area contributed by atoms with Crippen molar-refractivity contribution in [3.63, 3.8) is 0 Å². The summed E-state index contributed by atoms with van der Waals surface area (Å²) in [6.07, 6.45) is 3.79. The molecule has 1 aromatic rings. The Hall–Kier alpha value is -2.70. The van der Waals surface area contributed by atoms with E-state index in [9.17, 15) is 19.2 Å². The third-order valence-electron chi connectivity index (χ3n) is 6.03. The molecule has 1 saturated carbocycles. The van der Waals surface area contributed by atoms with E-state index in [1.807, 2.05) is 6.07 Å². The minimum absolute atomic E-state index is 0.0259. The van der Waals surface area contributed by atoms with Crippen LogP contribution in [0.15, 0.2) is 30.3 Å². The fourth-order valence-electron chi connectivity index (χ4n) is 4.19. The minimum atomic E-state index is -0.592. The molecule has 0 aromatic heterocycles. The number of ketones is 1. The van der Waals surface area contributed by atoms with E-state index >= 15 is 0 Å². The van der Waals surface area contributed by atoms with Gasteiger partial charge in [0.25, 0.3) is 5.91 Å². The van der Waals surface area contributed by atoms with E-state index in [1.165, 1.54) is 6.42 Å². The first kappa shape index (κ1) is 17.7. The molecule has 4 rings (SSSR count). The average Bonchev–Trinajstić information content (AvgIpc) is 3.23. The molecule has 7 heteroatoms. The second kappa shape index (κ2) is 6.48. The first-order chi connectivity index (χ1) is 12.9. The van der Waals surface area contributed by atoms with Gasteiger partial charge in [-0.25, -0.2) is 0 Å². The largest absolute Gasteiger partial charge is 0.369 e. The number of benzene rings is 1. The highest BCUT2D eigenvalue weighted by Crippen LogP contribution is 2.49. The molecule has 3 amide bonds. The van der Waals surface area contributed by atoms with Crippen molar-refractivity contribution in [2.75, 3.05) is 13.1 Å². The van der Waals surface area contributed by atoms with Gasteiger partial charge in [-0.3, -0.25) is 19.2 Å². The fraction of sp³-hybridized carbons (Fsp3) is 0.450. The molecule has 7 nitrogen and oxygen atoms in total. The average molecular weight is 368 g/mol. The van der Waals surface area contributed by atoms with Crippen LogP contribution in [0.2, 0.25) is 0 Å². The molecule has 2 atom stereocenters. The SMILES string of the molecule is NC(=O)C1(C[CH]C(=O)N2CCC3C2C(=O)CN3C(=O)c2ccccc2)CC1. The minimum Gasteiger partial charge on any atom is -0.369 e. The predicted octanol–water partition coefficient (Wildman–Crippen LogP) is 0.541. The van der Waals surface area contributed by atoms with Crippen molar-refractivity contribution in [3.8, 4) is 0 Å². The fourth-order valence-corrected chi connectivity index (χ4v) is 4.19. The molecule has 1 radical (unpaired) electrons. The number of primary amides is 1. The van der Waals surface area contributed by atoms with Crippen molar-refractivity contribution in [2.45, 2.75) is 37.8 Å². The number of nitrogens with two attached hydrogens (primary N) is 1. The van der Waals surface area contributed by atoms with Gasteiger partial charge in [-0.1, -0.05) is 18.2 Å². The van der Waals surface area contributed by atoms with E-state index in [-0.39, 0.29) is 36.1 Å². The summed E-state index contributed by atoms with van der Waals surface area (Å²) in [4.78, 5) is 52.6. The number of hydrogen-bond donors (Lipinski definition) is 1. The number of Topliss-reactive ketones (excluding diaryl/α,β-unsaturated/α-hetero) is 1. The summed E-state index contributed by atoms with van der Waals surface area (Å²) >= 11 is 0. The summed E-state index contributed by atoms with van der Waals surface area (Å²) in [6, 6.07) is 7.98. The summed E-state index contributed by atoms with van der Waals surface area (Å²) in [5.74, 6) is -0.917. The Bertz CT molecular complexity index is 803. The van der Waals surface area contributed by atoms with Gasteiger partial charge in [-0.05, 0) is 37.8 Å². The van der Waals surface area contributed by atoms with E-state index in [0.29, 0.717) is 37.8 Å². The van der Waals surface area contributed by atoms with Gasteiger partial charge in [-0.15, -0.1) is 0 Å². The van der Waals surface area contributed by atoms with Crippen LogP contribution < -0.4 is 5.73 Å². The van der Waals surface area contributed by atoms with Crippen LogP contribution >= 0.6 is 0 Å². The number of fused-ring (bicyclic) bond motifs is 1. The molecule has 3 aliphatic rings. The van der Waals surface area contributed by atoms with E-state index in [0.717, 1.165) is 0 Å². The molecule has 2 N–H and O–H groups in total. The van der Waals surface area contributed by atoms with Crippen molar-refractivity contribution in [1.29, 1.82) is 0 Å². The number of amides is 3. The molecular weight excluding hydrogens is 346 g/mol. The lowest BCUT2D eigenvalue weighted by Crippen LogP contribution is -2.44. The summed E-state index contributed by atoms with van der Waals surface area (Å²) in [5, 5.41) is 0. The Balaban J connectivity index is 1.44. The zero-order valence-electron chi connectivity index (χ0n) is 15.0. The highest BCUT2D eigenvalue weighted by molar-refractivity contribution is 6.03. The van der Waals surface area contributed by atoms with Gasteiger partial charge < -0.3 is 15.5 Å². The standard InChI is InChI=1S/C20H22N3O4/c21-19(27)20(9-10-20)8-6-16(25)22-11-7-14-17(22)15(24)12-23(14)18(26)13-4-2-1-3-5-13/h1-6,14,17H,7-12H2,(H2,21,27). The Morgan fingerprint density at radius 3 is 2.48 bits per heavy atom. The molecule has 2 saturated heterocycles. The van der Waals surface area contributed by atoms with E-state index in [4.69, 9.17) is 5.73 Å². The second-order valence-electron chi connectivity index (χ2n) is 7.65. The molecule has 141 valence electrons. The van der Waals surface area contributed by atoms with Crippen molar-refractivity contribution >= 4 is 23.5 Å². The lowest BCUT2D eigenvalue weighted by Gasteiger charge is -2.24. The Kier molecular flexibility index (Phi) is 4.25. The number of rotatable bonds is 5. The van der Waals surface area contributed by atoms with E-state index < -0.39 is 11.5 Å². The highest BCUT2D eigenvalue weighted by atomic mass is 16.2. The van der Waals surface area contributed by atoms with Crippen LogP contribution in [0.25, 0.3) is 0 Å². The third-order valence-corrected chi connectivity index (χ3v) is 6.03. The zero-order valence-corrected chi connectivity index (χ0v) is 15.0. The van der Waals surface area contributed by atoms with Gasteiger partial charge in [0.1, 0.15) is 6.04 Å². The molecular formula is C20H22N3O4. The summed E-state index contributed by atoms with van der Waals surface area (Å²) in [7, 11) is 0. The number of hydrogen-bond acceptors (Lipinski definition) is 4. The maximum Gasteiger partial charge on any atom is 0.254 e. The molecule has 27 heavy (non-hydrogen) atoms. The van der Waals surface area contributed by atoms with Crippen molar-refractivity contribution in [3.05, 3.63) is 42.3 Å². The van der Waals surface area contributed by atoms with E-state index in [1.54, 1.807) is 34.1 Å². The number of carbonyl (C=O) groups excluding carboxylic acids is 4. The van der Waals surface area contributed by atoms with Crippen molar-refractivity contribution in [2.24, 2.45) is 11.1 Å². The van der Waals surface area contributed by atoms with Gasteiger partial charge in [0.2, 0.25) is 11.8 Å². The van der Waals surface area contributed by atoms with Gasteiger partial charge in [0.05, 0.1) is 19.0 Å². The normalized spacial score (nSPS) is 25.4. The van der Waals surface area contributed by atoms with Crippen LogP contribution in [-0.2, 0) is 14.4 Å². The Morgan fingerprint density at radius 1 is 1.15 bits per heavy atom. The molecule has 2 unspecified atom stereocenters. The van der Waals surface area contributed by atoms with Crippen LogP contribution in [0.4, 0.5) is 0 Å². The van der Waals surface area contributed by atoms with E-state index in [2.05, 4.69) is 0 Å². The van der Waals surface area contributed by atoms with Crippen molar-refractivity contribution in [1.82, 2.24) is 9.80 Å². The molecule has 2 aliphatic heterocycles. The summed E-state index contributed by atoms with van der Waals surface area (Å²) in [6.45, 7) is 0.455. The smallest absolute Gasteiger partial charge is 0.254 e. The molecule has 1 aliphatic carbocycles. The van der Waals surface area contributed by atoms with Crippen LogP contribution in [-0.4, -0.2) is 58.5 Å². The number of likely N-dealkylation sites (tertiary alicyclic amines) is 2. The topological polar surface area (TPSA) is 101 Å². The molecule has 0 spiro atoms. The molecule has 3 fully saturated rings. The van der Waals surface area contributed by atoms with Gasteiger partial charge >= 0.3 is 0 Å². The third kappa shape index (κ3) is 3.01. The lowest BCUT2D eigenvalue weighted by molar-refractivity contribution is -0.134. The van der Waals surface area contributed by atoms with Gasteiger partial charge in [0.15, 0.2) is 5.78 Å². The number of nitrogens with zero attached hydrogens (tertiary/aromatic N) is 2. The van der Waals surface area contributed by atoms with Crippen LogP contribution in [0.1, 0.15) is 36.0 Å². The Labute approximate surface area is 157 Å². The first-order valence-corrected chi connectivity index (χ1v) is 9.25.